The molecule has 1 heterocycles. The van der Waals surface area contributed by atoms with E-state index in [2.05, 4.69) is 32.7 Å². The molecule has 6 nitrogen and oxygen atoms in total. The Morgan fingerprint density at radius 1 is 1.07 bits per heavy atom. The quantitative estimate of drug-likeness (QED) is 0.367. The van der Waals surface area contributed by atoms with Gasteiger partial charge in [0, 0.05) is 32.5 Å². The van der Waals surface area contributed by atoms with Gasteiger partial charge >= 0.3 is 0 Å². The zero-order valence-electron chi connectivity index (χ0n) is 15.5. The molecular weight excluding hydrogens is 338 g/mol. The Labute approximate surface area is 159 Å². The first kappa shape index (κ1) is 18.5. The zero-order valence-corrected chi connectivity index (χ0v) is 15.5. The molecule has 0 saturated heterocycles. The van der Waals surface area contributed by atoms with Crippen LogP contribution in [0.5, 0.6) is 5.75 Å². The molecule has 2 aromatic carbocycles. The normalized spacial score (nSPS) is 11.2. The maximum absolute atomic E-state index is 5.70. The molecule has 0 radical (unpaired) electrons. The molecule has 0 bridgehead atoms. The van der Waals surface area contributed by atoms with Gasteiger partial charge < -0.3 is 19.9 Å². The van der Waals surface area contributed by atoms with Crippen LogP contribution in [-0.2, 0) is 6.54 Å². The van der Waals surface area contributed by atoms with Crippen molar-refractivity contribution in [1.29, 1.82) is 0 Å². The van der Waals surface area contributed by atoms with E-state index in [9.17, 15) is 0 Å². The Kier molecular flexibility index (Phi) is 6.86. The number of nitrogens with zero attached hydrogens (tertiary/aromatic N) is 3. The molecule has 3 rings (SSSR count). The van der Waals surface area contributed by atoms with E-state index in [4.69, 9.17) is 4.74 Å². The summed E-state index contributed by atoms with van der Waals surface area (Å²) in [5.74, 6) is 1.67. The standard InChI is InChI=1S/C21H25N5O/c1-22-21(24-12-7-15-27-19-9-3-2-4-10-19)25-16-18-8-5-6-11-20(18)26-14-13-23-17-26/h2-6,8-11,13-14,17H,7,12,15-16H2,1H3,(H2,22,24,25). The average Bonchev–Trinajstić information content (AvgIpc) is 3.26. The molecule has 0 unspecified atom stereocenters. The number of hydrogen-bond acceptors (Lipinski definition) is 3. The second-order valence-electron chi connectivity index (χ2n) is 5.97. The lowest BCUT2D eigenvalue weighted by Crippen LogP contribution is -2.37. The highest BCUT2D eigenvalue weighted by Gasteiger charge is 2.05. The summed E-state index contributed by atoms with van der Waals surface area (Å²) in [6.07, 6.45) is 6.42. The van der Waals surface area contributed by atoms with Crippen molar-refractivity contribution >= 4 is 5.96 Å². The summed E-state index contributed by atoms with van der Waals surface area (Å²) in [5, 5.41) is 6.68. The summed E-state index contributed by atoms with van der Waals surface area (Å²) >= 11 is 0. The molecule has 2 N–H and O–H groups in total. The predicted octanol–water partition coefficient (Wildman–Crippen LogP) is 3.01. The molecule has 0 atom stereocenters. The number of benzene rings is 2. The van der Waals surface area contributed by atoms with Gasteiger partial charge in [-0.1, -0.05) is 36.4 Å². The van der Waals surface area contributed by atoms with Gasteiger partial charge in [0.1, 0.15) is 5.75 Å². The summed E-state index contributed by atoms with van der Waals surface area (Å²) in [4.78, 5) is 8.41. The second-order valence-corrected chi connectivity index (χ2v) is 5.97. The molecule has 0 spiro atoms. The van der Waals surface area contributed by atoms with E-state index >= 15 is 0 Å². The first-order valence-corrected chi connectivity index (χ1v) is 9.05. The van der Waals surface area contributed by atoms with Crippen LogP contribution in [-0.4, -0.2) is 35.7 Å². The lowest BCUT2D eigenvalue weighted by Gasteiger charge is -2.14. The van der Waals surface area contributed by atoms with Gasteiger partial charge in [-0.05, 0) is 30.2 Å². The Morgan fingerprint density at radius 2 is 1.89 bits per heavy atom. The summed E-state index contributed by atoms with van der Waals surface area (Å²) < 4.78 is 7.71. The van der Waals surface area contributed by atoms with E-state index in [1.54, 1.807) is 19.6 Å². The minimum atomic E-state index is 0.664. The number of hydrogen-bond donors (Lipinski definition) is 2. The van der Waals surface area contributed by atoms with Crippen LogP contribution < -0.4 is 15.4 Å². The van der Waals surface area contributed by atoms with Crippen LogP contribution in [0.4, 0.5) is 0 Å². The molecule has 0 aliphatic rings. The van der Waals surface area contributed by atoms with E-state index in [-0.39, 0.29) is 0 Å². The van der Waals surface area contributed by atoms with E-state index < -0.39 is 0 Å². The molecule has 0 amide bonds. The number of ether oxygens (including phenoxy) is 1. The van der Waals surface area contributed by atoms with Crippen LogP contribution in [0.1, 0.15) is 12.0 Å². The third-order valence-corrected chi connectivity index (χ3v) is 4.07. The molecule has 6 heteroatoms. The first-order chi connectivity index (χ1) is 13.4. The fraction of sp³-hybridized carbons (Fsp3) is 0.238. The summed E-state index contributed by atoms with van der Waals surface area (Å²) in [6, 6.07) is 18.1. The zero-order chi connectivity index (χ0) is 18.7. The van der Waals surface area contributed by atoms with Crippen molar-refractivity contribution < 1.29 is 4.74 Å². The Balaban J connectivity index is 1.43. The summed E-state index contributed by atoms with van der Waals surface area (Å²) in [5.41, 5.74) is 2.28. The number of para-hydroxylation sites is 2. The molecule has 0 saturated carbocycles. The van der Waals surface area contributed by atoms with Gasteiger partial charge in [-0.25, -0.2) is 4.98 Å². The Bertz CT molecular complexity index is 831. The number of aromatic nitrogens is 2. The molecule has 0 fully saturated rings. The van der Waals surface area contributed by atoms with Crippen LogP contribution in [0.3, 0.4) is 0 Å². The van der Waals surface area contributed by atoms with E-state index in [1.165, 1.54) is 5.56 Å². The van der Waals surface area contributed by atoms with Crippen LogP contribution in [0.15, 0.2) is 78.3 Å². The number of aliphatic imine (C=N–C) groups is 1. The summed E-state index contributed by atoms with van der Waals surface area (Å²) in [7, 11) is 1.78. The van der Waals surface area contributed by atoms with Gasteiger partial charge in [0.25, 0.3) is 0 Å². The molecule has 3 aromatic rings. The van der Waals surface area contributed by atoms with Crippen molar-refractivity contribution in [2.45, 2.75) is 13.0 Å². The maximum atomic E-state index is 5.70. The maximum Gasteiger partial charge on any atom is 0.191 e. The number of guanidine groups is 1. The second kappa shape index (κ2) is 10.0. The van der Waals surface area contributed by atoms with Crippen LogP contribution in [0, 0.1) is 0 Å². The van der Waals surface area contributed by atoms with Crippen molar-refractivity contribution in [3.8, 4) is 11.4 Å². The fourth-order valence-corrected chi connectivity index (χ4v) is 2.70. The molecular formula is C21H25N5O. The van der Waals surface area contributed by atoms with Crippen molar-refractivity contribution in [2.24, 2.45) is 4.99 Å². The average molecular weight is 363 g/mol. The van der Waals surface area contributed by atoms with E-state index in [1.807, 2.05) is 53.2 Å². The highest BCUT2D eigenvalue weighted by molar-refractivity contribution is 5.79. The highest BCUT2D eigenvalue weighted by Crippen LogP contribution is 2.13. The molecule has 140 valence electrons. The van der Waals surface area contributed by atoms with Crippen LogP contribution in [0.2, 0.25) is 0 Å². The molecule has 0 aliphatic heterocycles. The van der Waals surface area contributed by atoms with Crippen molar-refractivity contribution in [3.05, 3.63) is 78.9 Å². The number of nitrogens with one attached hydrogen (secondary N) is 2. The topological polar surface area (TPSA) is 63.5 Å². The van der Waals surface area contributed by atoms with Gasteiger partial charge in [0.2, 0.25) is 0 Å². The first-order valence-electron chi connectivity index (χ1n) is 9.05. The van der Waals surface area contributed by atoms with Crippen LogP contribution in [0.25, 0.3) is 5.69 Å². The predicted molar refractivity (Wildman–Crippen MR) is 108 cm³/mol. The van der Waals surface area contributed by atoms with Crippen molar-refractivity contribution in [1.82, 2.24) is 20.2 Å². The third-order valence-electron chi connectivity index (χ3n) is 4.07. The largest absolute Gasteiger partial charge is 0.494 e. The summed E-state index contributed by atoms with van der Waals surface area (Å²) in [6.45, 7) is 2.13. The lowest BCUT2D eigenvalue weighted by molar-refractivity contribution is 0.311. The highest BCUT2D eigenvalue weighted by atomic mass is 16.5. The van der Waals surface area contributed by atoms with E-state index in [0.717, 1.165) is 30.4 Å². The van der Waals surface area contributed by atoms with Gasteiger partial charge in [-0.2, -0.15) is 0 Å². The smallest absolute Gasteiger partial charge is 0.191 e. The minimum absolute atomic E-state index is 0.664. The molecule has 27 heavy (non-hydrogen) atoms. The van der Waals surface area contributed by atoms with Crippen LogP contribution >= 0.6 is 0 Å². The molecule has 1 aromatic heterocycles. The van der Waals surface area contributed by atoms with Gasteiger partial charge in [0.05, 0.1) is 18.6 Å². The van der Waals surface area contributed by atoms with E-state index in [0.29, 0.717) is 13.2 Å². The number of imidazole rings is 1. The van der Waals surface area contributed by atoms with Gasteiger partial charge in [-0.15, -0.1) is 0 Å². The van der Waals surface area contributed by atoms with Crippen molar-refractivity contribution in [2.75, 3.05) is 20.2 Å². The monoisotopic (exact) mass is 363 g/mol. The van der Waals surface area contributed by atoms with Gasteiger partial charge in [0.15, 0.2) is 5.96 Å². The number of rotatable bonds is 8. The SMILES string of the molecule is CN=C(NCCCOc1ccccc1)NCc1ccccc1-n1ccnc1. The Hall–Kier alpha value is -3.28. The van der Waals surface area contributed by atoms with Gasteiger partial charge in [-0.3, -0.25) is 4.99 Å². The third kappa shape index (κ3) is 5.60. The molecule has 0 aliphatic carbocycles. The lowest BCUT2D eigenvalue weighted by atomic mass is 10.1. The minimum Gasteiger partial charge on any atom is -0.494 e. The fourth-order valence-electron chi connectivity index (χ4n) is 2.70. The Morgan fingerprint density at radius 3 is 2.67 bits per heavy atom. The van der Waals surface area contributed by atoms with Crippen molar-refractivity contribution in [3.63, 3.8) is 0 Å².